The van der Waals surface area contributed by atoms with Crippen LogP contribution >= 0.6 is 0 Å². The highest BCUT2D eigenvalue weighted by atomic mass is 19.4. The second kappa shape index (κ2) is 6.37. The Hall–Kier alpha value is -0.770. The number of alkyl halides is 5. The van der Waals surface area contributed by atoms with Crippen LogP contribution in [-0.4, -0.2) is 53.0 Å². The number of halogens is 5. The fourth-order valence-corrected chi connectivity index (χ4v) is 8.34. The quantitative estimate of drug-likeness (QED) is 0.297. The largest absolute Gasteiger partial charge is 0.456 e. The summed E-state index contributed by atoms with van der Waals surface area (Å²) in [4.78, 5) is 0. The fourth-order valence-electron chi connectivity index (χ4n) is 8.34. The second-order valence-corrected chi connectivity index (χ2v) is 12.8. The molecule has 0 amide bonds. The maximum absolute atomic E-state index is 14.6. The van der Waals surface area contributed by atoms with Crippen molar-refractivity contribution in [1.82, 2.24) is 0 Å². The van der Waals surface area contributed by atoms with Gasteiger partial charge in [0.15, 0.2) is 5.79 Å². The van der Waals surface area contributed by atoms with Crippen molar-refractivity contribution in [1.29, 1.82) is 0 Å². The minimum Gasteiger partial charge on any atom is -0.383 e. The van der Waals surface area contributed by atoms with Crippen LogP contribution in [-0.2, 0) is 14.2 Å². The maximum Gasteiger partial charge on any atom is 0.456 e. The van der Waals surface area contributed by atoms with Crippen molar-refractivity contribution in [3.63, 3.8) is 0 Å². The van der Waals surface area contributed by atoms with Crippen LogP contribution in [0.15, 0.2) is 11.6 Å². The van der Waals surface area contributed by atoms with Crippen molar-refractivity contribution < 1.29 is 41.3 Å². The van der Waals surface area contributed by atoms with Crippen LogP contribution in [0.2, 0.25) is 0 Å². The van der Waals surface area contributed by atoms with E-state index in [1.807, 2.05) is 6.08 Å². The van der Waals surface area contributed by atoms with Gasteiger partial charge in [0.25, 0.3) is 0 Å². The van der Waals surface area contributed by atoms with Gasteiger partial charge >= 0.3 is 12.1 Å². The van der Waals surface area contributed by atoms with Crippen LogP contribution in [0.25, 0.3) is 0 Å². The van der Waals surface area contributed by atoms with E-state index >= 15 is 0 Å². The zero-order valence-electron chi connectivity index (χ0n) is 19.9. The molecule has 34 heavy (non-hydrogen) atoms. The van der Waals surface area contributed by atoms with Gasteiger partial charge in [0.1, 0.15) is 16.8 Å². The summed E-state index contributed by atoms with van der Waals surface area (Å²) in [6.07, 6.45) is -1.11. The minimum absolute atomic E-state index is 0.0147. The van der Waals surface area contributed by atoms with E-state index in [1.54, 1.807) is 0 Å². The number of hydrogen-bond acceptors (Lipinski definition) is 4. The highest BCUT2D eigenvalue weighted by Gasteiger charge is 2.82. The maximum atomic E-state index is 14.6. The highest BCUT2D eigenvalue weighted by Crippen LogP contribution is 2.75. The molecule has 4 nitrogen and oxygen atoms in total. The Bertz CT molecular complexity index is 936. The molecule has 5 fully saturated rings. The SMILES string of the molecule is CC1(C)COC2(CCC34O[C@]3(CCC3C4=CC[C@@]4(C)C3CC[C@@]4(O)C(F)(F)C(F)(F)F)C2)OC1. The van der Waals surface area contributed by atoms with Gasteiger partial charge in [-0.3, -0.25) is 0 Å². The van der Waals surface area contributed by atoms with Crippen molar-refractivity contribution >= 4 is 0 Å². The van der Waals surface area contributed by atoms with Gasteiger partial charge in [-0.25, -0.2) is 0 Å². The first-order valence-electron chi connectivity index (χ1n) is 12.4. The molecule has 2 aliphatic heterocycles. The molecule has 192 valence electrons. The molecule has 1 N–H and O–H groups in total. The Labute approximate surface area is 196 Å². The molecule has 1 spiro atoms. The third-order valence-electron chi connectivity index (χ3n) is 10.3. The number of aliphatic hydroxyl groups is 1. The lowest BCUT2D eigenvalue weighted by Gasteiger charge is -2.54. The van der Waals surface area contributed by atoms with E-state index in [4.69, 9.17) is 14.2 Å². The van der Waals surface area contributed by atoms with Gasteiger partial charge in [-0.2, -0.15) is 22.0 Å². The third-order valence-corrected chi connectivity index (χ3v) is 10.3. The average molecular weight is 493 g/mol. The van der Waals surface area contributed by atoms with E-state index < -0.39 is 52.4 Å². The first-order chi connectivity index (χ1) is 15.6. The lowest BCUT2D eigenvalue weighted by Crippen LogP contribution is -2.65. The Kier molecular flexibility index (Phi) is 4.43. The molecule has 0 bridgehead atoms. The normalized spacial score (nSPS) is 48.9. The Morgan fingerprint density at radius 2 is 1.62 bits per heavy atom. The zero-order chi connectivity index (χ0) is 24.6. The number of fused-ring (bicyclic) bond motifs is 3. The predicted octanol–water partition coefficient (Wildman–Crippen LogP) is 5.53. The van der Waals surface area contributed by atoms with Gasteiger partial charge in [-0.1, -0.05) is 26.8 Å². The van der Waals surface area contributed by atoms with Crippen molar-refractivity contribution in [2.45, 2.75) is 107 Å². The summed E-state index contributed by atoms with van der Waals surface area (Å²) in [5.41, 5.74) is -4.60. The molecule has 6 rings (SSSR count). The summed E-state index contributed by atoms with van der Waals surface area (Å²) in [6.45, 7) is 6.83. The van der Waals surface area contributed by atoms with Crippen molar-refractivity contribution in [3.8, 4) is 0 Å². The predicted molar refractivity (Wildman–Crippen MR) is 111 cm³/mol. The molecule has 6 aliphatic rings. The van der Waals surface area contributed by atoms with E-state index in [9.17, 15) is 27.1 Å². The lowest BCUT2D eigenvalue weighted by atomic mass is 9.52. The number of ether oxygens (including phenoxy) is 3. The molecule has 3 unspecified atom stereocenters. The highest BCUT2D eigenvalue weighted by molar-refractivity contribution is 5.44. The summed E-state index contributed by atoms with van der Waals surface area (Å²) < 4.78 is 88.2. The Morgan fingerprint density at radius 1 is 0.941 bits per heavy atom. The summed E-state index contributed by atoms with van der Waals surface area (Å²) >= 11 is 0. The van der Waals surface area contributed by atoms with Crippen molar-refractivity contribution in [2.24, 2.45) is 22.7 Å². The number of epoxide rings is 1. The van der Waals surface area contributed by atoms with Crippen molar-refractivity contribution in [3.05, 3.63) is 11.6 Å². The van der Waals surface area contributed by atoms with Crippen LogP contribution < -0.4 is 0 Å². The molecule has 2 saturated heterocycles. The average Bonchev–Trinajstić information content (AvgIpc) is 3.35. The van der Waals surface area contributed by atoms with Gasteiger partial charge < -0.3 is 19.3 Å². The Morgan fingerprint density at radius 3 is 2.26 bits per heavy atom. The van der Waals surface area contributed by atoms with Gasteiger partial charge in [0, 0.05) is 23.7 Å². The minimum atomic E-state index is -5.80. The van der Waals surface area contributed by atoms with E-state index in [0.29, 0.717) is 45.3 Å². The molecule has 9 heteroatoms. The lowest BCUT2D eigenvalue weighted by molar-refractivity contribution is -0.361. The first-order valence-corrected chi connectivity index (χ1v) is 12.4. The molecular formula is C25H33F5O4. The molecule has 0 aromatic carbocycles. The van der Waals surface area contributed by atoms with Crippen LogP contribution in [0.4, 0.5) is 22.0 Å². The summed E-state index contributed by atoms with van der Waals surface area (Å²) in [5.74, 6) is -6.44. The van der Waals surface area contributed by atoms with E-state index in [1.165, 1.54) is 6.92 Å². The van der Waals surface area contributed by atoms with Gasteiger partial charge in [0.05, 0.1) is 13.2 Å². The van der Waals surface area contributed by atoms with Crippen LogP contribution in [0.3, 0.4) is 0 Å². The van der Waals surface area contributed by atoms with Gasteiger partial charge in [-0.15, -0.1) is 0 Å². The molecule has 0 aromatic heterocycles. The monoisotopic (exact) mass is 492 g/mol. The van der Waals surface area contributed by atoms with Gasteiger partial charge in [-0.05, 0) is 55.9 Å². The third kappa shape index (κ3) is 2.63. The van der Waals surface area contributed by atoms with Crippen LogP contribution in [0, 0.1) is 22.7 Å². The molecular weight excluding hydrogens is 459 g/mol. The summed E-state index contributed by atoms with van der Waals surface area (Å²) in [7, 11) is 0. The topological polar surface area (TPSA) is 51.2 Å². The molecule has 4 aliphatic carbocycles. The van der Waals surface area contributed by atoms with Crippen molar-refractivity contribution in [2.75, 3.05) is 13.2 Å². The van der Waals surface area contributed by atoms with E-state index in [2.05, 4.69) is 13.8 Å². The molecule has 0 aromatic rings. The molecule has 6 atom stereocenters. The number of rotatable bonds is 1. The van der Waals surface area contributed by atoms with Crippen LogP contribution in [0.5, 0.6) is 0 Å². The summed E-state index contributed by atoms with van der Waals surface area (Å²) in [6, 6.07) is 0. The smallest absolute Gasteiger partial charge is 0.383 e. The van der Waals surface area contributed by atoms with E-state index in [-0.39, 0.29) is 24.2 Å². The standard InChI is InChI=1S/C25H33F5O4/c1-18(2)13-32-21(33-14-18)10-11-22-17-5-7-19(3)16(15(17)4-8-20(22,12-21)34-22)6-9-23(19,31)24(26,27)25(28,29)30/h5,15-16,31H,4,6-14H2,1-3H3/t15?,16?,19-,20+,22?,23-/m0/s1. The van der Waals surface area contributed by atoms with E-state index in [0.717, 1.165) is 5.57 Å². The van der Waals surface area contributed by atoms with Gasteiger partial charge in [0.2, 0.25) is 0 Å². The molecule has 0 radical (unpaired) electrons. The van der Waals surface area contributed by atoms with Crippen LogP contribution in [0.1, 0.15) is 72.1 Å². The second-order valence-electron chi connectivity index (χ2n) is 12.8. The number of allylic oxidation sites excluding steroid dienone is 1. The molecule has 3 saturated carbocycles. The molecule has 2 heterocycles. The number of hydrogen-bond donors (Lipinski definition) is 1. The Balaban J connectivity index is 1.29. The fraction of sp³-hybridized carbons (Fsp3) is 0.920. The summed E-state index contributed by atoms with van der Waals surface area (Å²) in [5, 5.41) is 10.9. The first kappa shape index (κ1) is 23.6. The zero-order valence-corrected chi connectivity index (χ0v) is 19.9.